The molecule has 0 aromatic rings. The van der Waals surface area contributed by atoms with E-state index in [1.165, 1.54) is 0 Å². The largest absolute Gasteiger partial charge is 0.381 e. The number of ether oxygens (including phenoxy) is 1. The fraction of sp³-hybridized carbons (Fsp3) is 1.00. The van der Waals surface area contributed by atoms with Crippen molar-refractivity contribution in [2.24, 2.45) is 5.41 Å². The van der Waals surface area contributed by atoms with E-state index >= 15 is 0 Å². The van der Waals surface area contributed by atoms with Crippen LogP contribution in [0.3, 0.4) is 0 Å². The van der Waals surface area contributed by atoms with Crippen LogP contribution in [0.1, 0.15) is 12.8 Å². The molecule has 1 fully saturated rings. The fourth-order valence-corrected chi connectivity index (χ4v) is 1.99. The Morgan fingerprint density at radius 2 is 1.91 bits per heavy atom. The average molecular weight is 229 g/mol. The maximum atomic E-state index is 12.5. The van der Waals surface area contributed by atoms with Crippen molar-refractivity contribution < 1.29 is 13.5 Å². The smallest absolute Gasteiger partial charge is 0.245 e. The summed E-state index contributed by atoms with van der Waals surface area (Å²) in [7, 11) is 0. The highest BCUT2D eigenvalue weighted by Crippen LogP contribution is 2.38. The van der Waals surface area contributed by atoms with Crippen molar-refractivity contribution in [1.29, 1.82) is 0 Å². The van der Waals surface area contributed by atoms with E-state index in [-0.39, 0.29) is 0 Å². The molecule has 0 N–H and O–H groups in total. The summed E-state index contributed by atoms with van der Waals surface area (Å²) in [6.07, 6.45) is -1.29. The maximum Gasteiger partial charge on any atom is 0.245 e. The van der Waals surface area contributed by atoms with Crippen molar-refractivity contribution in [3.63, 3.8) is 0 Å². The standard InChI is InChI=1S/C7H11BrF2O/c8-5-7(6(9)10)1-3-11-4-2-7/h6H,1-5H2. The van der Waals surface area contributed by atoms with Gasteiger partial charge in [0.15, 0.2) is 0 Å². The molecule has 0 aromatic carbocycles. The summed E-state index contributed by atoms with van der Waals surface area (Å²) in [5.41, 5.74) is -0.821. The highest BCUT2D eigenvalue weighted by Gasteiger charge is 2.40. The van der Waals surface area contributed by atoms with Crippen LogP contribution in [-0.4, -0.2) is 25.0 Å². The van der Waals surface area contributed by atoms with Gasteiger partial charge in [-0.05, 0) is 12.8 Å². The van der Waals surface area contributed by atoms with Crippen LogP contribution in [0.15, 0.2) is 0 Å². The predicted octanol–water partition coefficient (Wildman–Crippen LogP) is 2.44. The lowest BCUT2D eigenvalue weighted by Crippen LogP contribution is -2.37. The third kappa shape index (κ3) is 1.90. The first-order valence-corrected chi connectivity index (χ1v) is 4.75. The van der Waals surface area contributed by atoms with E-state index in [4.69, 9.17) is 4.74 Å². The molecule has 0 radical (unpaired) electrons. The van der Waals surface area contributed by atoms with E-state index in [0.29, 0.717) is 31.4 Å². The lowest BCUT2D eigenvalue weighted by molar-refractivity contribution is -0.0651. The normalized spacial score (nSPS) is 24.0. The molecule has 0 amide bonds. The van der Waals surface area contributed by atoms with E-state index in [0.717, 1.165) is 0 Å². The molecule has 1 nitrogen and oxygen atoms in total. The van der Waals surface area contributed by atoms with E-state index in [1.807, 2.05) is 0 Å². The molecule has 0 saturated carbocycles. The Balaban J connectivity index is 2.57. The third-order valence-electron chi connectivity index (χ3n) is 2.22. The first-order chi connectivity index (χ1) is 5.21. The molecule has 1 rings (SSSR count). The zero-order valence-corrected chi connectivity index (χ0v) is 7.74. The molecule has 0 atom stereocenters. The summed E-state index contributed by atoms with van der Waals surface area (Å²) in [4.78, 5) is 0. The molecule has 0 unspecified atom stereocenters. The van der Waals surface area contributed by atoms with Crippen LogP contribution in [0.2, 0.25) is 0 Å². The first kappa shape index (κ1) is 9.39. The van der Waals surface area contributed by atoms with Gasteiger partial charge in [-0.15, -0.1) is 0 Å². The minimum atomic E-state index is -2.23. The lowest BCUT2D eigenvalue weighted by atomic mass is 9.83. The van der Waals surface area contributed by atoms with Crippen molar-refractivity contribution in [1.82, 2.24) is 0 Å². The van der Waals surface area contributed by atoms with Gasteiger partial charge in [0.05, 0.1) is 0 Å². The molecule has 4 heteroatoms. The zero-order valence-electron chi connectivity index (χ0n) is 6.16. The van der Waals surface area contributed by atoms with Crippen molar-refractivity contribution in [3.8, 4) is 0 Å². The van der Waals surface area contributed by atoms with Gasteiger partial charge in [-0.3, -0.25) is 0 Å². The van der Waals surface area contributed by atoms with Gasteiger partial charge in [0, 0.05) is 24.0 Å². The minimum absolute atomic E-state index is 0.376. The second-order valence-corrected chi connectivity index (χ2v) is 3.47. The Morgan fingerprint density at radius 1 is 1.36 bits per heavy atom. The summed E-state index contributed by atoms with van der Waals surface area (Å²) in [5.74, 6) is 0. The minimum Gasteiger partial charge on any atom is -0.381 e. The lowest BCUT2D eigenvalue weighted by Gasteiger charge is -2.34. The number of rotatable bonds is 2. The summed E-state index contributed by atoms with van der Waals surface area (Å²) in [6, 6.07) is 0. The van der Waals surface area contributed by atoms with E-state index in [1.54, 1.807) is 0 Å². The molecule has 1 aliphatic heterocycles. The van der Waals surface area contributed by atoms with Crippen molar-refractivity contribution >= 4 is 15.9 Å². The van der Waals surface area contributed by atoms with Gasteiger partial charge in [-0.25, -0.2) is 8.78 Å². The molecule has 1 aliphatic rings. The number of hydrogen-bond acceptors (Lipinski definition) is 1. The molecule has 0 spiro atoms. The van der Waals surface area contributed by atoms with E-state index in [9.17, 15) is 8.78 Å². The molecular formula is C7H11BrF2O. The molecular weight excluding hydrogens is 218 g/mol. The topological polar surface area (TPSA) is 9.23 Å². The van der Waals surface area contributed by atoms with Crippen LogP contribution in [0.5, 0.6) is 0 Å². The van der Waals surface area contributed by atoms with Gasteiger partial charge in [-0.2, -0.15) is 0 Å². The van der Waals surface area contributed by atoms with Crippen LogP contribution in [0, 0.1) is 5.41 Å². The van der Waals surface area contributed by atoms with Crippen LogP contribution in [0.25, 0.3) is 0 Å². The van der Waals surface area contributed by atoms with Gasteiger partial charge in [0.1, 0.15) is 0 Å². The quantitative estimate of drug-likeness (QED) is 0.661. The SMILES string of the molecule is FC(F)C1(CBr)CCOCC1. The number of hydrogen-bond donors (Lipinski definition) is 0. The highest BCUT2D eigenvalue weighted by molar-refractivity contribution is 9.09. The Kier molecular flexibility index (Phi) is 3.25. The first-order valence-electron chi connectivity index (χ1n) is 3.63. The third-order valence-corrected chi connectivity index (χ3v) is 3.33. The van der Waals surface area contributed by atoms with E-state index in [2.05, 4.69) is 15.9 Å². The van der Waals surface area contributed by atoms with Gasteiger partial charge in [-0.1, -0.05) is 15.9 Å². The fourth-order valence-electron chi connectivity index (χ4n) is 1.19. The predicted molar refractivity (Wildman–Crippen MR) is 42.3 cm³/mol. The van der Waals surface area contributed by atoms with Gasteiger partial charge in [0.2, 0.25) is 6.43 Å². The van der Waals surface area contributed by atoms with E-state index < -0.39 is 11.8 Å². The number of alkyl halides is 3. The second kappa shape index (κ2) is 3.81. The Morgan fingerprint density at radius 3 is 2.18 bits per heavy atom. The molecule has 66 valence electrons. The Hall–Kier alpha value is 0.300. The van der Waals surface area contributed by atoms with Crippen molar-refractivity contribution in [2.45, 2.75) is 19.3 Å². The Bertz CT molecular complexity index is 124. The molecule has 0 bridgehead atoms. The van der Waals surface area contributed by atoms with Gasteiger partial charge < -0.3 is 4.74 Å². The number of halogens is 3. The Labute approximate surface area is 73.2 Å². The van der Waals surface area contributed by atoms with Crippen LogP contribution in [0.4, 0.5) is 8.78 Å². The maximum absolute atomic E-state index is 12.5. The average Bonchev–Trinajstić information content (AvgIpc) is 2.05. The molecule has 0 aromatic heterocycles. The zero-order chi connectivity index (χ0) is 8.32. The molecule has 11 heavy (non-hydrogen) atoms. The van der Waals surface area contributed by atoms with Crippen LogP contribution < -0.4 is 0 Å². The van der Waals surface area contributed by atoms with Crippen molar-refractivity contribution in [2.75, 3.05) is 18.5 Å². The monoisotopic (exact) mass is 228 g/mol. The second-order valence-electron chi connectivity index (χ2n) is 2.91. The molecule has 1 saturated heterocycles. The van der Waals surface area contributed by atoms with Gasteiger partial charge in [0.25, 0.3) is 0 Å². The molecule has 0 aliphatic carbocycles. The summed E-state index contributed by atoms with van der Waals surface area (Å²) in [5, 5.41) is 0.376. The highest BCUT2D eigenvalue weighted by atomic mass is 79.9. The van der Waals surface area contributed by atoms with Gasteiger partial charge >= 0.3 is 0 Å². The molecule has 1 heterocycles. The summed E-state index contributed by atoms with van der Waals surface area (Å²) >= 11 is 3.13. The van der Waals surface area contributed by atoms with Crippen LogP contribution in [-0.2, 0) is 4.74 Å². The summed E-state index contributed by atoms with van der Waals surface area (Å²) in [6.45, 7) is 0.936. The van der Waals surface area contributed by atoms with Crippen molar-refractivity contribution in [3.05, 3.63) is 0 Å². The summed E-state index contributed by atoms with van der Waals surface area (Å²) < 4.78 is 30.0. The van der Waals surface area contributed by atoms with Crippen LogP contribution >= 0.6 is 15.9 Å².